The fourth-order valence-electron chi connectivity index (χ4n) is 3.27. The molecule has 2 aromatic carbocycles. The quantitative estimate of drug-likeness (QED) is 0.679. The van der Waals surface area contributed by atoms with Crippen LogP contribution in [-0.2, 0) is 25.7 Å². The zero-order chi connectivity index (χ0) is 24.2. The van der Waals surface area contributed by atoms with E-state index in [-0.39, 0.29) is 22.8 Å². The van der Waals surface area contributed by atoms with Crippen LogP contribution in [0.2, 0.25) is 0 Å². The molecule has 1 heterocycles. The van der Waals surface area contributed by atoms with Gasteiger partial charge in [-0.1, -0.05) is 18.2 Å². The average molecular weight is 485 g/mol. The van der Waals surface area contributed by atoms with Gasteiger partial charge in [0.1, 0.15) is 6.54 Å². The van der Waals surface area contributed by atoms with Gasteiger partial charge in [0, 0.05) is 13.1 Å². The number of ether oxygens (including phenoxy) is 1. The summed E-state index contributed by atoms with van der Waals surface area (Å²) in [7, 11) is -4.10. The monoisotopic (exact) mass is 485 g/mol. The van der Waals surface area contributed by atoms with Gasteiger partial charge in [-0.3, -0.25) is 13.9 Å². The number of hydrogen-bond donors (Lipinski definition) is 1. The number of hydrogen-bond acceptors (Lipinski definition) is 5. The second kappa shape index (κ2) is 9.79. The smallest absolute Gasteiger partial charge is 0.378 e. The van der Waals surface area contributed by atoms with E-state index in [0.29, 0.717) is 36.7 Å². The molecular formula is C21H22F3N3O5S. The van der Waals surface area contributed by atoms with Crippen LogP contribution in [0.1, 0.15) is 15.9 Å². The molecule has 0 saturated carbocycles. The van der Waals surface area contributed by atoms with E-state index in [9.17, 15) is 31.2 Å². The first kappa shape index (κ1) is 24.5. The normalized spacial score (nSPS) is 14.6. The van der Waals surface area contributed by atoms with Crippen molar-refractivity contribution in [2.45, 2.75) is 6.18 Å². The van der Waals surface area contributed by atoms with Gasteiger partial charge in [-0.05, 0) is 30.3 Å². The molecule has 1 aliphatic heterocycles. The molecule has 0 spiro atoms. The Morgan fingerprint density at radius 1 is 1.09 bits per heavy atom. The highest BCUT2D eigenvalue weighted by atomic mass is 32.2. The third-order valence-electron chi connectivity index (χ3n) is 4.88. The number of nitrogens with zero attached hydrogens (tertiary/aromatic N) is 2. The molecule has 3 rings (SSSR count). The van der Waals surface area contributed by atoms with Crippen LogP contribution in [0.4, 0.5) is 24.5 Å². The lowest BCUT2D eigenvalue weighted by Gasteiger charge is -2.27. The molecule has 0 bridgehead atoms. The Bertz CT molecular complexity index is 1130. The molecule has 12 heteroatoms. The summed E-state index contributed by atoms with van der Waals surface area (Å²) in [6.45, 7) is 0.776. The molecular weight excluding hydrogens is 463 g/mol. The molecule has 178 valence electrons. The van der Waals surface area contributed by atoms with Gasteiger partial charge in [0.2, 0.25) is 15.9 Å². The van der Waals surface area contributed by atoms with Crippen molar-refractivity contribution in [1.82, 2.24) is 4.90 Å². The van der Waals surface area contributed by atoms with Gasteiger partial charge in [-0.25, -0.2) is 8.42 Å². The maximum atomic E-state index is 13.1. The molecule has 0 unspecified atom stereocenters. The van der Waals surface area contributed by atoms with Crippen LogP contribution >= 0.6 is 0 Å². The van der Waals surface area contributed by atoms with Crippen molar-refractivity contribution in [2.75, 3.05) is 48.7 Å². The number of halogens is 3. The SMILES string of the molecule is CS(=O)(=O)N(CC(=O)Nc1ccccc1C(=O)N1CCOCC1)c1cccc(C(F)(F)F)c1. The summed E-state index contributed by atoms with van der Waals surface area (Å²) in [6, 6.07) is 9.91. The van der Waals surface area contributed by atoms with Crippen LogP contribution < -0.4 is 9.62 Å². The van der Waals surface area contributed by atoms with Crippen LogP contribution in [-0.4, -0.2) is 64.2 Å². The van der Waals surface area contributed by atoms with Gasteiger partial charge in [0.25, 0.3) is 5.91 Å². The van der Waals surface area contributed by atoms with Crippen molar-refractivity contribution >= 4 is 33.2 Å². The zero-order valence-electron chi connectivity index (χ0n) is 17.6. The summed E-state index contributed by atoms with van der Waals surface area (Å²) in [5.74, 6) is -1.15. The molecule has 8 nitrogen and oxygen atoms in total. The minimum Gasteiger partial charge on any atom is -0.378 e. The number of anilines is 2. The van der Waals surface area contributed by atoms with Gasteiger partial charge >= 0.3 is 6.18 Å². The number of carbonyl (C=O) groups is 2. The Morgan fingerprint density at radius 2 is 1.76 bits per heavy atom. The number of sulfonamides is 1. The highest BCUT2D eigenvalue weighted by Gasteiger charge is 2.32. The molecule has 1 fully saturated rings. The number of nitrogens with one attached hydrogen (secondary N) is 1. The van der Waals surface area contributed by atoms with Crippen molar-refractivity contribution in [3.63, 3.8) is 0 Å². The minimum atomic E-state index is -4.68. The molecule has 1 saturated heterocycles. The number of amides is 2. The summed E-state index contributed by atoms with van der Waals surface area (Å²) < 4.78 is 69.5. The number of para-hydroxylation sites is 1. The Kier molecular flexibility index (Phi) is 7.28. The molecule has 0 atom stereocenters. The molecule has 2 aromatic rings. The number of rotatable bonds is 6. The Hall–Kier alpha value is -3.12. The first-order valence-corrected chi connectivity index (χ1v) is 11.7. The molecule has 2 amide bonds. The second-order valence-corrected chi connectivity index (χ2v) is 9.22. The van der Waals surface area contributed by atoms with Crippen molar-refractivity contribution < 1.29 is 35.9 Å². The fraction of sp³-hybridized carbons (Fsp3) is 0.333. The summed E-state index contributed by atoms with van der Waals surface area (Å²) in [5.41, 5.74) is -0.982. The van der Waals surface area contributed by atoms with Crippen LogP contribution in [0.25, 0.3) is 0 Å². The largest absolute Gasteiger partial charge is 0.416 e. The first-order valence-electron chi connectivity index (χ1n) is 9.87. The van der Waals surface area contributed by atoms with Gasteiger partial charge in [-0.2, -0.15) is 13.2 Å². The average Bonchev–Trinajstić information content (AvgIpc) is 2.77. The third-order valence-corrected chi connectivity index (χ3v) is 6.02. The second-order valence-electron chi connectivity index (χ2n) is 7.32. The van der Waals surface area contributed by atoms with Crippen LogP contribution in [0, 0.1) is 0 Å². The molecule has 0 aromatic heterocycles. The Balaban J connectivity index is 1.82. The van der Waals surface area contributed by atoms with Crippen LogP contribution in [0.15, 0.2) is 48.5 Å². The van der Waals surface area contributed by atoms with Gasteiger partial charge in [0.15, 0.2) is 0 Å². The van der Waals surface area contributed by atoms with E-state index in [2.05, 4.69) is 5.32 Å². The molecule has 0 radical (unpaired) electrons. The van der Waals surface area contributed by atoms with Crippen LogP contribution in [0.3, 0.4) is 0 Å². The maximum Gasteiger partial charge on any atom is 0.416 e. The molecule has 0 aliphatic carbocycles. The number of alkyl halides is 3. The topological polar surface area (TPSA) is 96.0 Å². The fourth-order valence-corrected chi connectivity index (χ4v) is 4.12. The van der Waals surface area contributed by atoms with E-state index in [1.165, 1.54) is 18.2 Å². The molecule has 33 heavy (non-hydrogen) atoms. The minimum absolute atomic E-state index is 0.163. The summed E-state index contributed by atoms with van der Waals surface area (Å²) in [4.78, 5) is 27.1. The van der Waals surface area contributed by atoms with Gasteiger partial charge in [-0.15, -0.1) is 0 Å². The maximum absolute atomic E-state index is 13.1. The standard InChI is InChI=1S/C21H22F3N3O5S/c1-33(30,31)27(16-6-4-5-15(13-16)21(22,23)24)14-19(28)25-18-8-3-2-7-17(18)20(29)26-9-11-32-12-10-26/h2-8,13H,9-12,14H2,1H3,(H,25,28). The molecule has 1 N–H and O–H groups in total. The summed E-state index contributed by atoms with van der Waals surface area (Å²) in [6.07, 6.45) is -3.89. The summed E-state index contributed by atoms with van der Waals surface area (Å²) >= 11 is 0. The predicted molar refractivity (Wildman–Crippen MR) is 115 cm³/mol. The number of morpholine rings is 1. The lowest BCUT2D eigenvalue weighted by Crippen LogP contribution is -2.41. The number of benzene rings is 2. The van der Waals surface area contributed by atoms with Gasteiger partial charge in [0.05, 0.1) is 42.0 Å². The van der Waals surface area contributed by atoms with E-state index < -0.39 is 34.2 Å². The lowest BCUT2D eigenvalue weighted by molar-refractivity contribution is -0.137. The van der Waals surface area contributed by atoms with Crippen molar-refractivity contribution in [3.05, 3.63) is 59.7 Å². The Labute approximate surface area is 189 Å². The van der Waals surface area contributed by atoms with E-state index in [4.69, 9.17) is 4.74 Å². The van der Waals surface area contributed by atoms with Gasteiger partial charge < -0.3 is 15.0 Å². The van der Waals surface area contributed by atoms with E-state index in [1.54, 1.807) is 17.0 Å². The lowest BCUT2D eigenvalue weighted by atomic mass is 10.1. The number of carbonyl (C=O) groups excluding carboxylic acids is 2. The highest BCUT2D eigenvalue weighted by molar-refractivity contribution is 7.92. The Morgan fingerprint density at radius 3 is 2.39 bits per heavy atom. The summed E-state index contributed by atoms with van der Waals surface area (Å²) in [5, 5.41) is 2.50. The molecule has 1 aliphatic rings. The van der Waals surface area contributed by atoms with Crippen LogP contribution in [0.5, 0.6) is 0 Å². The van der Waals surface area contributed by atoms with Crippen molar-refractivity contribution in [2.24, 2.45) is 0 Å². The first-order chi connectivity index (χ1) is 15.5. The van der Waals surface area contributed by atoms with E-state index in [1.807, 2.05) is 0 Å². The highest BCUT2D eigenvalue weighted by Crippen LogP contribution is 2.32. The van der Waals surface area contributed by atoms with E-state index >= 15 is 0 Å². The third kappa shape index (κ3) is 6.23. The zero-order valence-corrected chi connectivity index (χ0v) is 18.4. The van der Waals surface area contributed by atoms with E-state index in [0.717, 1.165) is 18.4 Å². The van der Waals surface area contributed by atoms with Crippen molar-refractivity contribution in [3.8, 4) is 0 Å². The van der Waals surface area contributed by atoms with Crippen molar-refractivity contribution in [1.29, 1.82) is 0 Å². The predicted octanol–water partition coefficient (Wildman–Crippen LogP) is 2.58.